The Morgan fingerprint density at radius 2 is 1.86 bits per heavy atom. The van der Waals surface area contributed by atoms with Crippen molar-refractivity contribution in [2.24, 2.45) is 0 Å². The van der Waals surface area contributed by atoms with Crippen LogP contribution in [0.25, 0.3) is 22.2 Å². The Balaban J connectivity index is 2.06. The number of hydrogen-bond donors (Lipinski definition) is 2. The van der Waals surface area contributed by atoms with E-state index < -0.39 is 5.60 Å². The van der Waals surface area contributed by atoms with Gasteiger partial charge < -0.3 is 10.1 Å². The molecule has 2 N–H and O–H groups in total. The number of nitrogens with zero attached hydrogens (tertiary/aromatic N) is 2. The highest BCUT2D eigenvalue weighted by atomic mass is 16.3. The molecular weight excluding hydrogens is 266 g/mol. The van der Waals surface area contributed by atoms with Gasteiger partial charge in [-0.05, 0) is 37.4 Å². The van der Waals surface area contributed by atoms with Gasteiger partial charge in [-0.2, -0.15) is 0 Å². The number of pyridine rings is 1. The molecule has 0 saturated heterocycles. The van der Waals surface area contributed by atoms with Crippen molar-refractivity contribution in [3.63, 3.8) is 0 Å². The number of fused-ring (bicyclic) bond motifs is 1. The first-order valence-electron chi connectivity index (χ1n) is 6.62. The number of hydrogen-bond acceptors (Lipinski definition) is 4. The maximum Gasteiger partial charge on any atom is 0.255 e. The number of nitrogens with one attached hydrogen (secondary N) is 1. The fourth-order valence-corrected chi connectivity index (χ4v) is 2.12. The van der Waals surface area contributed by atoms with Crippen molar-refractivity contribution >= 4 is 10.8 Å². The maximum atomic E-state index is 11.7. The van der Waals surface area contributed by atoms with Crippen molar-refractivity contribution in [3.8, 4) is 11.4 Å². The average Bonchev–Trinajstić information content (AvgIpc) is 2.46. The summed E-state index contributed by atoms with van der Waals surface area (Å²) in [7, 11) is 0. The minimum absolute atomic E-state index is 0.114. The summed E-state index contributed by atoms with van der Waals surface area (Å²) in [6, 6.07) is 7.29. The van der Waals surface area contributed by atoms with E-state index in [9.17, 15) is 9.90 Å². The SMILES string of the molecule is CC(C)(O)c1cnc(-c2ccc3c(=O)[nH]ccc3c2)nc1. The van der Waals surface area contributed by atoms with Crippen molar-refractivity contribution in [3.05, 3.63) is 58.8 Å². The predicted octanol–water partition coefficient (Wildman–Crippen LogP) is 2.21. The minimum atomic E-state index is -0.963. The summed E-state index contributed by atoms with van der Waals surface area (Å²) < 4.78 is 0. The first-order valence-corrected chi connectivity index (χ1v) is 6.62. The van der Waals surface area contributed by atoms with E-state index in [4.69, 9.17) is 0 Å². The minimum Gasteiger partial charge on any atom is -0.386 e. The third-order valence-electron chi connectivity index (χ3n) is 3.39. The second kappa shape index (κ2) is 4.79. The molecule has 0 aliphatic rings. The zero-order chi connectivity index (χ0) is 15.0. The Labute approximate surface area is 121 Å². The molecule has 0 fully saturated rings. The number of benzene rings is 1. The molecule has 0 spiro atoms. The second-order valence-electron chi connectivity index (χ2n) is 5.46. The molecule has 3 aromatic rings. The number of aromatic nitrogens is 3. The van der Waals surface area contributed by atoms with Gasteiger partial charge in [-0.3, -0.25) is 4.79 Å². The molecule has 0 unspecified atom stereocenters. The highest BCUT2D eigenvalue weighted by molar-refractivity contribution is 5.85. The van der Waals surface area contributed by atoms with Gasteiger partial charge in [-0.25, -0.2) is 9.97 Å². The van der Waals surface area contributed by atoms with Gasteiger partial charge in [0.2, 0.25) is 0 Å². The van der Waals surface area contributed by atoms with Gasteiger partial charge in [-0.1, -0.05) is 6.07 Å². The van der Waals surface area contributed by atoms with Crippen molar-refractivity contribution in [1.82, 2.24) is 15.0 Å². The molecule has 0 bridgehead atoms. The lowest BCUT2D eigenvalue weighted by molar-refractivity contribution is 0.0778. The fraction of sp³-hybridized carbons (Fsp3) is 0.188. The summed E-state index contributed by atoms with van der Waals surface area (Å²) >= 11 is 0. The van der Waals surface area contributed by atoms with Crippen LogP contribution in [0, 0.1) is 0 Å². The molecule has 0 saturated carbocycles. The van der Waals surface area contributed by atoms with E-state index in [0.717, 1.165) is 10.9 Å². The van der Waals surface area contributed by atoms with Gasteiger partial charge in [0, 0.05) is 35.1 Å². The van der Waals surface area contributed by atoms with Gasteiger partial charge in [0.15, 0.2) is 5.82 Å². The summed E-state index contributed by atoms with van der Waals surface area (Å²) in [6.45, 7) is 3.38. The fourth-order valence-electron chi connectivity index (χ4n) is 2.12. The topological polar surface area (TPSA) is 78.9 Å². The van der Waals surface area contributed by atoms with Crippen LogP contribution >= 0.6 is 0 Å². The summed E-state index contributed by atoms with van der Waals surface area (Å²) in [6.07, 6.45) is 4.85. The van der Waals surface area contributed by atoms with Crippen LogP contribution in [0.5, 0.6) is 0 Å². The molecule has 5 nitrogen and oxygen atoms in total. The molecule has 2 heterocycles. The lowest BCUT2D eigenvalue weighted by Crippen LogP contribution is -2.16. The van der Waals surface area contributed by atoms with Crippen LogP contribution in [0.2, 0.25) is 0 Å². The summed E-state index contributed by atoms with van der Waals surface area (Å²) in [5.74, 6) is 0.560. The largest absolute Gasteiger partial charge is 0.386 e. The van der Waals surface area contributed by atoms with Crippen LogP contribution in [0.3, 0.4) is 0 Å². The normalized spacial score (nSPS) is 11.8. The van der Waals surface area contributed by atoms with Gasteiger partial charge in [0.05, 0.1) is 5.60 Å². The zero-order valence-electron chi connectivity index (χ0n) is 11.8. The lowest BCUT2D eigenvalue weighted by Gasteiger charge is -2.16. The average molecular weight is 281 g/mol. The summed E-state index contributed by atoms with van der Waals surface area (Å²) in [5, 5.41) is 11.4. The first-order chi connectivity index (χ1) is 9.95. The van der Waals surface area contributed by atoms with E-state index in [1.807, 2.05) is 18.2 Å². The Kier molecular flexibility index (Phi) is 3.07. The molecule has 0 amide bonds. The summed E-state index contributed by atoms with van der Waals surface area (Å²) in [4.78, 5) is 22.9. The Morgan fingerprint density at radius 1 is 1.14 bits per heavy atom. The molecule has 2 aromatic heterocycles. The van der Waals surface area contributed by atoms with Crippen LogP contribution in [-0.2, 0) is 5.60 Å². The van der Waals surface area contributed by atoms with Gasteiger partial charge in [0.25, 0.3) is 5.56 Å². The van der Waals surface area contributed by atoms with E-state index in [2.05, 4.69) is 15.0 Å². The van der Waals surface area contributed by atoms with Crippen LogP contribution < -0.4 is 5.56 Å². The molecule has 0 radical (unpaired) electrons. The molecule has 3 rings (SSSR count). The van der Waals surface area contributed by atoms with Gasteiger partial charge in [-0.15, -0.1) is 0 Å². The Morgan fingerprint density at radius 3 is 2.52 bits per heavy atom. The molecule has 106 valence electrons. The quantitative estimate of drug-likeness (QED) is 0.755. The van der Waals surface area contributed by atoms with Crippen LogP contribution in [-0.4, -0.2) is 20.1 Å². The van der Waals surface area contributed by atoms with Crippen molar-refractivity contribution in [1.29, 1.82) is 0 Å². The zero-order valence-corrected chi connectivity index (χ0v) is 11.8. The molecule has 1 aromatic carbocycles. The van der Waals surface area contributed by atoms with Gasteiger partial charge >= 0.3 is 0 Å². The van der Waals surface area contributed by atoms with E-state index in [0.29, 0.717) is 16.8 Å². The molecule has 0 atom stereocenters. The molecule has 21 heavy (non-hydrogen) atoms. The Hall–Kier alpha value is -2.53. The van der Waals surface area contributed by atoms with E-state index in [1.54, 1.807) is 38.5 Å². The van der Waals surface area contributed by atoms with Crippen LogP contribution in [0.4, 0.5) is 0 Å². The third kappa shape index (κ3) is 2.55. The first kappa shape index (κ1) is 13.5. The smallest absolute Gasteiger partial charge is 0.255 e. The third-order valence-corrected chi connectivity index (χ3v) is 3.39. The van der Waals surface area contributed by atoms with Crippen LogP contribution in [0.15, 0.2) is 47.7 Å². The van der Waals surface area contributed by atoms with Crippen molar-refractivity contribution in [2.45, 2.75) is 19.4 Å². The number of aromatic amines is 1. The monoisotopic (exact) mass is 281 g/mol. The standard InChI is InChI=1S/C16H15N3O2/c1-16(2,21)12-8-18-14(19-9-12)11-3-4-13-10(7-11)5-6-17-15(13)20/h3-9,21H,1-2H3,(H,17,20). The second-order valence-corrected chi connectivity index (χ2v) is 5.46. The van der Waals surface area contributed by atoms with E-state index in [1.165, 1.54) is 0 Å². The van der Waals surface area contributed by atoms with Gasteiger partial charge in [0.1, 0.15) is 0 Å². The molecule has 5 heteroatoms. The van der Waals surface area contributed by atoms with Crippen molar-refractivity contribution < 1.29 is 5.11 Å². The molecule has 0 aliphatic carbocycles. The predicted molar refractivity (Wildman–Crippen MR) is 80.8 cm³/mol. The highest BCUT2D eigenvalue weighted by Gasteiger charge is 2.17. The number of rotatable bonds is 2. The molecular formula is C16H15N3O2. The molecule has 0 aliphatic heterocycles. The van der Waals surface area contributed by atoms with Crippen LogP contribution in [0.1, 0.15) is 19.4 Å². The summed E-state index contributed by atoms with van der Waals surface area (Å²) in [5.41, 5.74) is 0.408. The number of aliphatic hydroxyl groups is 1. The Bertz CT molecular complexity index is 846. The highest BCUT2D eigenvalue weighted by Crippen LogP contribution is 2.22. The van der Waals surface area contributed by atoms with E-state index in [-0.39, 0.29) is 5.56 Å². The number of H-pyrrole nitrogens is 1. The van der Waals surface area contributed by atoms with Crippen molar-refractivity contribution in [2.75, 3.05) is 0 Å². The van der Waals surface area contributed by atoms with E-state index >= 15 is 0 Å². The lowest BCUT2D eigenvalue weighted by atomic mass is 10.0. The maximum absolute atomic E-state index is 11.7.